The number of fused-ring (bicyclic) bond motifs is 2. The van der Waals surface area contributed by atoms with Gasteiger partial charge in [-0.1, -0.05) is 66.7 Å². The van der Waals surface area contributed by atoms with Crippen LogP contribution < -0.4 is 0 Å². The maximum absolute atomic E-state index is 14.0. The molecular formula is C40H41BrF2N4O6. The third-order valence-corrected chi connectivity index (χ3v) is 10.8. The van der Waals surface area contributed by atoms with Crippen LogP contribution in [0.4, 0.5) is 18.4 Å². The van der Waals surface area contributed by atoms with Crippen molar-refractivity contribution in [1.29, 1.82) is 0 Å². The van der Waals surface area contributed by atoms with Crippen LogP contribution in [0.5, 0.6) is 0 Å². The lowest BCUT2D eigenvalue weighted by atomic mass is 9.91. The van der Waals surface area contributed by atoms with Crippen molar-refractivity contribution >= 4 is 33.9 Å². The van der Waals surface area contributed by atoms with E-state index in [0.717, 1.165) is 11.1 Å². The zero-order valence-corrected chi connectivity index (χ0v) is 30.6. The number of amides is 2. The van der Waals surface area contributed by atoms with Crippen LogP contribution in [-0.2, 0) is 33.1 Å². The molecule has 4 aliphatic rings. The topological polar surface area (TPSA) is 122 Å². The van der Waals surface area contributed by atoms with Gasteiger partial charge >= 0.3 is 12.2 Å². The molecule has 5 atom stereocenters. The second-order valence-corrected chi connectivity index (χ2v) is 14.8. The summed E-state index contributed by atoms with van der Waals surface area (Å²) in [7, 11) is 0. The monoisotopic (exact) mass is 790 g/mol. The van der Waals surface area contributed by atoms with Crippen molar-refractivity contribution in [3.05, 3.63) is 130 Å². The number of benzene rings is 2. The number of carbonyl (C=O) groups is 3. The summed E-state index contributed by atoms with van der Waals surface area (Å²) in [4.78, 5) is 46.0. The first kappa shape index (κ1) is 38.0. The molecule has 4 aromatic rings. The van der Waals surface area contributed by atoms with Gasteiger partial charge in [-0.25, -0.2) is 19.6 Å². The minimum Gasteiger partial charge on any atom is -0.445 e. The lowest BCUT2D eigenvalue weighted by Gasteiger charge is -2.26. The Balaban J connectivity index is 0.000000155. The van der Waals surface area contributed by atoms with Crippen molar-refractivity contribution in [3.63, 3.8) is 0 Å². The van der Waals surface area contributed by atoms with Crippen molar-refractivity contribution < 1.29 is 37.7 Å². The summed E-state index contributed by atoms with van der Waals surface area (Å²) in [5.41, 5.74) is 0.993. The Bertz CT molecular complexity index is 1820. The number of likely N-dealkylation sites (tertiary alicyclic amines) is 2. The molecule has 1 unspecified atom stereocenters. The van der Waals surface area contributed by atoms with E-state index in [-0.39, 0.29) is 36.2 Å². The smallest absolute Gasteiger partial charge is 0.410 e. The van der Waals surface area contributed by atoms with E-state index in [1.54, 1.807) is 34.1 Å². The molecular weight excluding hydrogens is 750 g/mol. The zero-order valence-electron chi connectivity index (χ0n) is 29.0. The molecule has 0 spiro atoms. The van der Waals surface area contributed by atoms with Crippen LogP contribution in [0.3, 0.4) is 0 Å². The van der Waals surface area contributed by atoms with Gasteiger partial charge in [0.05, 0.1) is 10.1 Å². The number of halogens is 3. The van der Waals surface area contributed by atoms with Crippen LogP contribution in [-0.4, -0.2) is 69.0 Å². The second-order valence-electron chi connectivity index (χ2n) is 13.9. The number of ketones is 1. The summed E-state index contributed by atoms with van der Waals surface area (Å²) < 4.78 is 37.2. The largest absolute Gasteiger partial charge is 0.445 e. The van der Waals surface area contributed by atoms with E-state index in [4.69, 9.17) is 9.47 Å². The normalized spacial score (nSPS) is 24.0. The number of pyridine rings is 2. The van der Waals surface area contributed by atoms with Crippen molar-refractivity contribution in [2.45, 2.75) is 44.5 Å². The van der Waals surface area contributed by atoms with Crippen LogP contribution in [0.25, 0.3) is 0 Å². The maximum atomic E-state index is 14.0. The minimum absolute atomic E-state index is 0.142. The molecule has 10 nitrogen and oxygen atoms in total. The molecule has 2 saturated carbocycles. The lowest BCUT2D eigenvalue weighted by molar-refractivity contribution is -0.118. The number of carbonyl (C=O) groups excluding carboxylic acids is 3. The Morgan fingerprint density at radius 2 is 1.15 bits per heavy atom. The molecule has 2 aromatic carbocycles. The van der Waals surface area contributed by atoms with Gasteiger partial charge in [0.15, 0.2) is 0 Å². The first-order valence-electron chi connectivity index (χ1n) is 17.6. The molecule has 2 amide bonds. The Labute approximate surface area is 315 Å². The van der Waals surface area contributed by atoms with Crippen molar-refractivity contribution in [3.8, 4) is 0 Å². The fourth-order valence-corrected chi connectivity index (χ4v) is 7.92. The van der Waals surface area contributed by atoms with Gasteiger partial charge in [-0.15, -0.1) is 0 Å². The highest BCUT2D eigenvalue weighted by Crippen LogP contribution is 2.49. The first-order valence-corrected chi connectivity index (χ1v) is 18.4. The fourth-order valence-electron chi connectivity index (χ4n) is 7.66. The molecule has 2 aromatic heterocycles. The molecule has 0 radical (unpaired) electrons. The Hall–Kier alpha value is -4.75. The van der Waals surface area contributed by atoms with Crippen molar-refractivity contribution in [2.75, 3.05) is 26.2 Å². The quantitative estimate of drug-likeness (QED) is 0.209. The first-order chi connectivity index (χ1) is 25.6. The number of nitrogens with zero attached hydrogens (tertiary/aromatic N) is 4. The van der Waals surface area contributed by atoms with E-state index in [2.05, 4.69) is 25.9 Å². The number of hydrogen-bond acceptors (Lipinski definition) is 8. The third kappa shape index (κ3) is 9.82. The molecule has 0 bridgehead atoms. The molecule has 53 heavy (non-hydrogen) atoms. The molecule has 2 aliphatic carbocycles. The molecule has 4 fully saturated rings. The summed E-state index contributed by atoms with van der Waals surface area (Å²) in [5, 5.41) is 10.9. The highest BCUT2D eigenvalue weighted by Gasteiger charge is 2.51. The fraction of sp³-hybridized carbons (Fsp3) is 0.375. The standard InChI is InChI=1S/C20H21FN2O3.C15H17NO3.C5H3BrFN/c21-18-17(7-4-8-22-18)20(25)9-15-11-23(12-16(15)10-20)19(24)26-13-14-5-2-1-3-6-14;17-14-6-12-8-16(9-13(12)7-14)15(18)19-10-11-4-2-1-3-5-11;6-4-2-1-3-8-5(4)7/h1-8,15-16,25H,9-13H2;1-5,12-13H,6-10H2;1-3H/t15-,16+,20?;12-,13+;. The molecule has 2 aliphatic heterocycles. The highest BCUT2D eigenvalue weighted by molar-refractivity contribution is 9.10. The van der Waals surface area contributed by atoms with Crippen LogP contribution in [0.1, 0.15) is 42.4 Å². The zero-order chi connectivity index (χ0) is 37.4. The van der Waals surface area contributed by atoms with Crippen LogP contribution in [0.15, 0.2) is 102 Å². The number of ether oxygens (including phenoxy) is 2. The number of aromatic nitrogens is 2. The molecule has 13 heteroatoms. The number of hydrogen-bond donors (Lipinski definition) is 1. The van der Waals surface area contributed by atoms with E-state index in [1.807, 2.05) is 60.7 Å². The van der Waals surface area contributed by atoms with Gasteiger partial charge in [-0.2, -0.15) is 8.78 Å². The third-order valence-electron chi connectivity index (χ3n) is 10.2. The summed E-state index contributed by atoms with van der Waals surface area (Å²) in [6.45, 7) is 2.96. The highest BCUT2D eigenvalue weighted by atomic mass is 79.9. The van der Waals surface area contributed by atoms with Gasteiger partial charge in [0.25, 0.3) is 0 Å². The summed E-state index contributed by atoms with van der Waals surface area (Å²) in [6.07, 6.45) is 4.32. The van der Waals surface area contributed by atoms with E-state index < -0.39 is 17.5 Å². The van der Waals surface area contributed by atoms with Gasteiger partial charge in [0.1, 0.15) is 19.0 Å². The second kappa shape index (κ2) is 17.4. The van der Waals surface area contributed by atoms with E-state index in [1.165, 1.54) is 12.4 Å². The average Bonchev–Trinajstić information content (AvgIpc) is 3.91. The Morgan fingerprint density at radius 3 is 1.58 bits per heavy atom. The molecule has 2 saturated heterocycles. The van der Waals surface area contributed by atoms with E-state index in [9.17, 15) is 28.3 Å². The minimum atomic E-state index is -1.20. The van der Waals surface area contributed by atoms with Gasteiger partial charge in [-0.3, -0.25) is 4.79 Å². The Morgan fingerprint density at radius 1 is 0.698 bits per heavy atom. The van der Waals surface area contributed by atoms with Gasteiger partial charge in [0, 0.05) is 57.0 Å². The lowest BCUT2D eigenvalue weighted by Crippen LogP contribution is -2.33. The van der Waals surface area contributed by atoms with Gasteiger partial charge in [0.2, 0.25) is 11.9 Å². The summed E-state index contributed by atoms with van der Waals surface area (Å²) in [5.74, 6) is 0.259. The summed E-state index contributed by atoms with van der Waals surface area (Å²) in [6, 6.07) is 25.7. The Kier molecular flexibility index (Phi) is 12.5. The predicted octanol–water partition coefficient (Wildman–Crippen LogP) is 7.30. The molecule has 8 rings (SSSR count). The molecule has 278 valence electrons. The average molecular weight is 792 g/mol. The maximum Gasteiger partial charge on any atom is 0.410 e. The predicted molar refractivity (Wildman–Crippen MR) is 194 cm³/mol. The molecule has 1 N–H and O–H groups in total. The van der Waals surface area contributed by atoms with Crippen molar-refractivity contribution in [1.82, 2.24) is 19.8 Å². The van der Waals surface area contributed by atoms with Gasteiger partial charge in [-0.05, 0) is 81.8 Å². The van der Waals surface area contributed by atoms with Crippen molar-refractivity contribution in [2.24, 2.45) is 23.7 Å². The summed E-state index contributed by atoms with van der Waals surface area (Å²) >= 11 is 2.96. The number of Topliss-reactive ketones (excluding diaryl/α,β-unsaturated/α-hetero) is 1. The number of rotatable bonds is 5. The van der Waals surface area contributed by atoms with Crippen LogP contribution in [0.2, 0.25) is 0 Å². The van der Waals surface area contributed by atoms with E-state index >= 15 is 0 Å². The van der Waals surface area contributed by atoms with E-state index in [0.29, 0.717) is 80.6 Å². The van der Waals surface area contributed by atoms with Gasteiger partial charge < -0.3 is 24.4 Å². The van der Waals surface area contributed by atoms with Crippen LogP contribution in [0, 0.1) is 35.6 Å². The molecule has 4 heterocycles. The van der Waals surface area contributed by atoms with Crippen LogP contribution >= 0.6 is 15.9 Å². The SMILES string of the molecule is Fc1ncccc1Br.O=C(OCc1ccccc1)N1C[C@@H]2CC(O)(c3cccnc3F)C[C@@H]2C1.O=C1C[C@@H]2CN(C(=O)OCc3ccccc3)C[C@@H]2C1. The number of aliphatic hydroxyl groups is 1.